The van der Waals surface area contributed by atoms with Crippen molar-refractivity contribution in [2.75, 3.05) is 13.1 Å². The van der Waals surface area contributed by atoms with E-state index in [4.69, 9.17) is 5.73 Å². The van der Waals surface area contributed by atoms with Crippen LogP contribution in [0.25, 0.3) is 0 Å². The number of nitrogens with two attached hydrogens (primary N) is 1. The number of nitrogens with zero attached hydrogens (tertiary/aromatic N) is 1. The highest BCUT2D eigenvalue weighted by atomic mass is 19.4. The van der Waals surface area contributed by atoms with Crippen LogP contribution < -0.4 is 5.73 Å². The maximum Gasteiger partial charge on any atom is 0.416 e. The third-order valence-electron chi connectivity index (χ3n) is 3.47. The summed E-state index contributed by atoms with van der Waals surface area (Å²) < 4.78 is 38.6. The van der Waals surface area contributed by atoms with Crippen molar-refractivity contribution in [3.8, 4) is 0 Å². The fraction of sp³-hybridized carbons (Fsp3) is 0.500. The van der Waals surface area contributed by atoms with E-state index in [1.54, 1.807) is 4.90 Å². The Labute approximate surface area is 115 Å². The van der Waals surface area contributed by atoms with Gasteiger partial charge in [-0.1, -0.05) is 18.2 Å². The van der Waals surface area contributed by atoms with Gasteiger partial charge in [-0.3, -0.25) is 4.79 Å². The van der Waals surface area contributed by atoms with Gasteiger partial charge in [-0.05, 0) is 24.5 Å². The van der Waals surface area contributed by atoms with Gasteiger partial charge in [-0.25, -0.2) is 0 Å². The summed E-state index contributed by atoms with van der Waals surface area (Å²) >= 11 is 0. The molecular weight excluding hydrogens is 269 g/mol. The summed E-state index contributed by atoms with van der Waals surface area (Å²) in [6.45, 7) is 0.994. The summed E-state index contributed by atoms with van der Waals surface area (Å²) in [7, 11) is 0. The van der Waals surface area contributed by atoms with E-state index in [1.807, 2.05) is 0 Å². The van der Waals surface area contributed by atoms with Crippen molar-refractivity contribution in [1.29, 1.82) is 0 Å². The van der Waals surface area contributed by atoms with Crippen LogP contribution >= 0.6 is 0 Å². The standard InChI is InChI=1S/C14H17F3N2O/c15-14(16,17)12-6-2-1-4-10(12)8-13(20)19-7-3-5-11(18)9-19/h1-2,4,6,11H,3,5,7-9,18H2/t11-/m1/s1. The van der Waals surface area contributed by atoms with E-state index in [0.29, 0.717) is 13.1 Å². The molecule has 2 N–H and O–H groups in total. The van der Waals surface area contributed by atoms with Crippen molar-refractivity contribution < 1.29 is 18.0 Å². The van der Waals surface area contributed by atoms with Gasteiger partial charge in [0.1, 0.15) is 0 Å². The van der Waals surface area contributed by atoms with Crippen molar-refractivity contribution in [2.45, 2.75) is 31.5 Å². The van der Waals surface area contributed by atoms with E-state index in [1.165, 1.54) is 18.2 Å². The molecule has 0 saturated carbocycles. The van der Waals surface area contributed by atoms with E-state index >= 15 is 0 Å². The zero-order valence-corrected chi connectivity index (χ0v) is 11.0. The number of hydrogen-bond donors (Lipinski definition) is 1. The molecular formula is C14H17F3N2O. The molecule has 1 aliphatic heterocycles. The van der Waals surface area contributed by atoms with Gasteiger partial charge in [0.25, 0.3) is 0 Å². The molecule has 0 aliphatic carbocycles. The molecule has 1 saturated heterocycles. The number of piperidine rings is 1. The smallest absolute Gasteiger partial charge is 0.341 e. The van der Waals surface area contributed by atoms with Gasteiger partial charge in [0.2, 0.25) is 5.91 Å². The molecule has 1 heterocycles. The number of carbonyl (C=O) groups is 1. The third-order valence-corrected chi connectivity index (χ3v) is 3.47. The minimum atomic E-state index is -4.44. The van der Waals surface area contributed by atoms with Gasteiger partial charge in [0.05, 0.1) is 12.0 Å². The molecule has 20 heavy (non-hydrogen) atoms. The average Bonchev–Trinajstić information content (AvgIpc) is 2.38. The SMILES string of the molecule is N[C@@H]1CCCN(C(=O)Cc2ccccc2C(F)(F)F)C1. The summed E-state index contributed by atoms with van der Waals surface area (Å²) in [5.74, 6) is -0.295. The van der Waals surface area contributed by atoms with Crippen molar-refractivity contribution in [1.82, 2.24) is 4.90 Å². The van der Waals surface area contributed by atoms with Crippen molar-refractivity contribution in [2.24, 2.45) is 5.73 Å². The zero-order chi connectivity index (χ0) is 14.8. The molecule has 0 radical (unpaired) electrons. The zero-order valence-electron chi connectivity index (χ0n) is 11.0. The molecule has 1 fully saturated rings. The van der Waals surface area contributed by atoms with Crippen LogP contribution in [0.15, 0.2) is 24.3 Å². The molecule has 1 aliphatic rings. The predicted molar refractivity (Wildman–Crippen MR) is 68.9 cm³/mol. The number of halogens is 3. The van der Waals surface area contributed by atoms with E-state index < -0.39 is 11.7 Å². The summed E-state index contributed by atoms with van der Waals surface area (Å²) in [6, 6.07) is 5.12. The lowest BCUT2D eigenvalue weighted by molar-refractivity contribution is -0.138. The molecule has 0 aromatic heterocycles. The second-order valence-corrected chi connectivity index (χ2v) is 5.07. The van der Waals surface area contributed by atoms with Crippen molar-refractivity contribution in [3.63, 3.8) is 0 Å². The Hall–Kier alpha value is -1.56. The Kier molecular flexibility index (Phi) is 4.32. The minimum Gasteiger partial charge on any atom is -0.341 e. The summed E-state index contributed by atoms with van der Waals surface area (Å²) in [6.07, 6.45) is -3.02. The van der Waals surface area contributed by atoms with Crippen molar-refractivity contribution >= 4 is 5.91 Å². The molecule has 1 atom stereocenters. The van der Waals surface area contributed by atoms with E-state index in [0.717, 1.165) is 18.9 Å². The van der Waals surface area contributed by atoms with Crippen LogP contribution in [0, 0.1) is 0 Å². The first-order valence-electron chi connectivity index (χ1n) is 6.56. The molecule has 0 unspecified atom stereocenters. The number of benzene rings is 1. The Morgan fingerprint density at radius 3 is 2.70 bits per heavy atom. The average molecular weight is 286 g/mol. The fourth-order valence-electron chi connectivity index (χ4n) is 2.46. The van der Waals surface area contributed by atoms with Crippen LogP contribution in [0.5, 0.6) is 0 Å². The molecule has 110 valence electrons. The van der Waals surface area contributed by atoms with Crippen LogP contribution in [-0.2, 0) is 17.4 Å². The summed E-state index contributed by atoms with van der Waals surface area (Å²) in [5.41, 5.74) is 5.06. The molecule has 1 amide bonds. The highest BCUT2D eigenvalue weighted by molar-refractivity contribution is 5.79. The molecule has 0 spiro atoms. The number of carbonyl (C=O) groups excluding carboxylic acids is 1. The Morgan fingerprint density at radius 1 is 1.35 bits per heavy atom. The van der Waals surface area contributed by atoms with Gasteiger partial charge in [-0.2, -0.15) is 13.2 Å². The maximum absolute atomic E-state index is 12.9. The lowest BCUT2D eigenvalue weighted by Crippen LogP contribution is -2.46. The molecule has 6 heteroatoms. The maximum atomic E-state index is 12.9. The first kappa shape index (κ1) is 14.8. The second-order valence-electron chi connectivity index (χ2n) is 5.07. The van der Waals surface area contributed by atoms with Crippen LogP contribution in [0.1, 0.15) is 24.0 Å². The predicted octanol–water partition coefficient (Wildman–Crippen LogP) is 2.20. The number of amides is 1. The topological polar surface area (TPSA) is 46.3 Å². The van der Waals surface area contributed by atoms with E-state index in [9.17, 15) is 18.0 Å². The van der Waals surface area contributed by atoms with Crippen LogP contribution in [0.3, 0.4) is 0 Å². The van der Waals surface area contributed by atoms with Crippen LogP contribution in [0.4, 0.5) is 13.2 Å². The molecule has 0 bridgehead atoms. The first-order valence-corrected chi connectivity index (χ1v) is 6.56. The fourth-order valence-corrected chi connectivity index (χ4v) is 2.46. The molecule has 1 aromatic rings. The van der Waals surface area contributed by atoms with Gasteiger partial charge in [-0.15, -0.1) is 0 Å². The third kappa shape index (κ3) is 3.50. The van der Waals surface area contributed by atoms with Crippen molar-refractivity contribution in [3.05, 3.63) is 35.4 Å². The highest BCUT2D eigenvalue weighted by Gasteiger charge is 2.33. The molecule has 3 nitrogen and oxygen atoms in total. The Bertz CT molecular complexity index is 488. The summed E-state index contributed by atoms with van der Waals surface area (Å²) in [4.78, 5) is 13.7. The first-order chi connectivity index (χ1) is 9.38. The lowest BCUT2D eigenvalue weighted by Gasteiger charge is -2.31. The van der Waals surface area contributed by atoms with Crippen LogP contribution in [0.2, 0.25) is 0 Å². The van der Waals surface area contributed by atoms with Gasteiger partial charge >= 0.3 is 6.18 Å². The Morgan fingerprint density at radius 2 is 2.05 bits per heavy atom. The van der Waals surface area contributed by atoms with Gasteiger partial charge < -0.3 is 10.6 Å². The highest BCUT2D eigenvalue weighted by Crippen LogP contribution is 2.32. The number of rotatable bonds is 2. The summed E-state index contributed by atoms with van der Waals surface area (Å²) in [5, 5.41) is 0. The number of likely N-dealkylation sites (tertiary alicyclic amines) is 1. The minimum absolute atomic E-state index is 0.0177. The Balaban J connectivity index is 2.12. The van der Waals surface area contributed by atoms with Crippen LogP contribution in [-0.4, -0.2) is 29.9 Å². The normalized spacial score (nSPS) is 20.0. The molecule has 2 rings (SSSR count). The van der Waals surface area contributed by atoms with Gasteiger partial charge in [0.15, 0.2) is 0 Å². The largest absolute Gasteiger partial charge is 0.416 e. The molecule has 1 aromatic carbocycles. The quantitative estimate of drug-likeness (QED) is 0.906. The second kappa shape index (κ2) is 5.83. The van der Waals surface area contributed by atoms with E-state index in [2.05, 4.69) is 0 Å². The monoisotopic (exact) mass is 286 g/mol. The van der Waals surface area contributed by atoms with E-state index in [-0.39, 0.29) is 23.9 Å². The van der Waals surface area contributed by atoms with Gasteiger partial charge in [0, 0.05) is 19.1 Å². The lowest BCUT2D eigenvalue weighted by atomic mass is 10.0. The number of hydrogen-bond acceptors (Lipinski definition) is 2. The number of alkyl halides is 3.